The van der Waals surface area contributed by atoms with E-state index in [-0.39, 0.29) is 11.2 Å². The molecule has 0 unspecified atom stereocenters. The van der Waals surface area contributed by atoms with Gasteiger partial charge in [0.05, 0.1) is 12.4 Å². The smallest absolute Gasteiger partial charge is 0.237 e. The molecular weight excluding hydrogens is 384 g/mol. The third-order valence-corrected chi connectivity index (χ3v) is 5.39. The fourth-order valence-corrected chi connectivity index (χ4v) is 3.69. The number of thioether (sulfide) groups is 1. The Kier molecular flexibility index (Phi) is 6.93. The topological polar surface area (TPSA) is 69.0 Å². The maximum atomic E-state index is 12.7. The third-order valence-electron chi connectivity index (χ3n) is 4.31. The highest BCUT2D eigenvalue weighted by Gasteiger charge is 2.21. The fourth-order valence-electron chi connectivity index (χ4n) is 2.84. The zero-order valence-electron chi connectivity index (χ0n) is 17.1. The SMILES string of the molecule is COc1ccc(NC(=O)[C@H](C)Sc2nnc(-c3ccccc3)n2CC(C)C)cc1. The highest BCUT2D eigenvalue weighted by molar-refractivity contribution is 8.00. The van der Waals surface area contributed by atoms with Crippen molar-refractivity contribution in [3.05, 3.63) is 54.6 Å². The Hall–Kier alpha value is -2.80. The van der Waals surface area contributed by atoms with Gasteiger partial charge in [-0.15, -0.1) is 10.2 Å². The van der Waals surface area contributed by atoms with Gasteiger partial charge in [0.15, 0.2) is 11.0 Å². The number of anilines is 1. The van der Waals surface area contributed by atoms with Gasteiger partial charge in [0.25, 0.3) is 0 Å². The van der Waals surface area contributed by atoms with E-state index in [0.717, 1.165) is 34.5 Å². The van der Waals surface area contributed by atoms with Crippen LogP contribution in [0.15, 0.2) is 59.8 Å². The molecule has 1 aromatic heterocycles. The summed E-state index contributed by atoms with van der Waals surface area (Å²) in [5.41, 5.74) is 1.75. The molecule has 3 rings (SSSR count). The van der Waals surface area contributed by atoms with Gasteiger partial charge in [0, 0.05) is 17.8 Å². The van der Waals surface area contributed by atoms with Crippen molar-refractivity contribution in [3.63, 3.8) is 0 Å². The van der Waals surface area contributed by atoms with E-state index in [0.29, 0.717) is 5.92 Å². The number of nitrogens with zero attached hydrogens (tertiary/aromatic N) is 3. The summed E-state index contributed by atoms with van der Waals surface area (Å²) >= 11 is 1.42. The second-order valence-corrected chi connectivity index (χ2v) is 8.46. The number of benzene rings is 2. The Morgan fingerprint density at radius 2 is 1.76 bits per heavy atom. The Bertz CT molecular complexity index is 939. The molecule has 0 fully saturated rings. The van der Waals surface area contributed by atoms with Crippen LogP contribution in [0, 0.1) is 5.92 Å². The van der Waals surface area contributed by atoms with Gasteiger partial charge in [-0.05, 0) is 37.1 Å². The van der Waals surface area contributed by atoms with Gasteiger partial charge in [-0.25, -0.2) is 0 Å². The quantitative estimate of drug-likeness (QED) is 0.544. The molecule has 0 radical (unpaired) electrons. The predicted octanol–water partition coefficient (Wildman–Crippen LogP) is 4.73. The lowest BCUT2D eigenvalue weighted by molar-refractivity contribution is -0.115. The first-order valence-corrected chi connectivity index (χ1v) is 10.5. The van der Waals surface area contributed by atoms with Crippen molar-refractivity contribution >= 4 is 23.4 Å². The van der Waals surface area contributed by atoms with Gasteiger partial charge in [0.1, 0.15) is 5.75 Å². The van der Waals surface area contributed by atoms with E-state index in [2.05, 4.69) is 33.9 Å². The molecule has 0 aliphatic rings. The van der Waals surface area contributed by atoms with E-state index in [4.69, 9.17) is 4.74 Å². The first kappa shape index (κ1) is 20.9. The van der Waals surface area contributed by atoms with Crippen LogP contribution < -0.4 is 10.1 Å². The van der Waals surface area contributed by atoms with Crippen LogP contribution in [0.5, 0.6) is 5.75 Å². The monoisotopic (exact) mass is 410 g/mol. The van der Waals surface area contributed by atoms with Crippen LogP contribution >= 0.6 is 11.8 Å². The Morgan fingerprint density at radius 1 is 1.07 bits per heavy atom. The van der Waals surface area contributed by atoms with Gasteiger partial charge in [-0.2, -0.15) is 0 Å². The maximum absolute atomic E-state index is 12.7. The lowest BCUT2D eigenvalue weighted by Gasteiger charge is -2.15. The van der Waals surface area contributed by atoms with Gasteiger partial charge < -0.3 is 14.6 Å². The first-order valence-electron chi connectivity index (χ1n) is 9.58. The number of rotatable bonds is 8. The summed E-state index contributed by atoms with van der Waals surface area (Å²) in [6, 6.07) is 17.3. The Morgan fingerprint density at radius 3 is 2.38 bits per heavy atom. The maximum Gasteiger partial charge on any atom is 0.237 e. The molecular formula is C22H26N4O2S. The van der Waals surface area contributed by atoms with Crippen molar-refractivity contribution in [3.8, 4) is 17.1 Å². The van der Waals surface area contributed by atoms with E-state index in [1.165, 1.54) is 11.8 Å². The summed E-state index contributed by atoms with van der Waals surface area (Å²) in [6.45, 7) is 6.97. The van der Waals surface area contributed by atoms with Crippen molar-refractivity contribution in [2.45, 2.75) is 37.7 Å². The molecule has 29 heavy (non-hydrogen) atoms. The summed E-state index contributed by atoms with van der Waals surface area (Å²) in [5, 5.41) is 12.1. The summed E-state index contributed by atoms with van der Waals surface area (Å²) in [5.74, 6) is 1.92. The number of hydrogen-bond donors (Lipinski definition) is 1. The van der Waals surface area contributed by atoms with Gasteiger partial charge in [-0.3, -0.25) is 4.79 Å². The minimum Gasteiger partial charge on any atom is -0.497 e. The Balaban J connectivity index is 1.75. The minimum atomic E-state index is -0.323. The van der Waals surface area contributed by atoms with Crippen LogP contribution in [-0.2, 0) is 11.3 Å². The molecule has 1 amide bonds. The van der Waals surface area contributed by atoms with Crippen molar-refractivity contribution in [2.24, 2.45) is 5.92 Å². The van der Waals surface area contributed by atoms with E-state index in [1.54, 1.807) is 7.11 Å². The third kappa shape index (κ3) is 5.38. The fraction of sp³-hybridized carbons (Fsp3) is 0.318. The molecule has 0 aliphatic carbocycles. The first-order chi connectivity index (χ1) is 14.0. The zero-order valence-corrected chi connectivity index (χ0v) is 17.9. The van der Waals surface area contributed by atoms with Crippen LogP contribution in [0.2, 0.25) is 0 Å². The normalized spacial score (nSPS) is 12.0. The van der Waals surface area contributed by atoms with E-state index < -0.39 is 0 Å². The highest BCUT2D eigenvalue weighted by atomic mass is 32.2. The van der Waals surface area contributed by atoms with Crippen LogP contribution in [0.3, 0.4) is 0 Å². The summed E-state index contributed by atoms with van der Waals surface area (Å²) in [6.07, 6.45) is 0. The second kappa shape index (κ2) is 9.60. The lowest BCUT2D eigenvalue weighted by Crippen LogP contribution is -2.23. The summed E-state index contributed by atoms with van der Waals surface area (Å²) in [7, 11) is 1.61. The number of nitrogens with one attached hydrogen (secondary N) is 1. The highest BCUT2D eigenvalue weighted by Crippen LogP contribution is 2.28. The van der Waals surface area contributed by atoms with E-state index in [1.807, 2.05) is 61.5 Å². The molecule has 6 nitrogen and oxygen atoms in total. The summed E-state index contributed by atoms with van der Waals surface area (Å²) in [4.78, 5) is 12.7. The number of aromatic nitrogens is 3. The number of ether oxygens (including phenoxy) is 1. The van der Waals surface area contributed by atoms with Crippen LogP contribution in [0.4, 0.5) is 5.69 Å². The molecule has 0 aliphatic heterocycles. The van der Waals surface area contributed by atoms with Gasteiger partial charge in [-0.1, -0.05) is 55.9 Å². The molecule has 0 saturated carbocycles. The van der Waals surface area contributed by atoms with Gasteiger partial charge >= 0.3 is 0 Å². The summed E-state index contributed by atoms with van der Waals surface area (Å²) < 4.78 is 7.25. The van der Waals surface area contributed by atoms with Crippen molar-refractivity contribution in [1.82, 2.24) is 14.8 Å². The number of amides is 1. The molecule has 0 bridgehead atoms. The van der Waals surface area contributed by atoms with Gasteiger partial charge in [0.2, 0.25) is 5.91 Å². The molecule has 7 heteroatoms. The largest absolute Gasteiger partial charge is 0.497 e. The predicted molar refractivity (Wildman–Crippen MR) is 117 cm³/mol. The van der Waals surface area contributed by atoms with Crippen LogP contribution in [0.25, 0.3) is 11.4 Å². The minimum absolute atomic E-state index is 0.0828. The zero-order chi connectivity index (χ0) is 20.8. The molecule has 2 aromatic carbocycles. The van der Waals surface area contributed by atoms with E-state index >= 15 is 0 Å². The molecule has 3 aromatic rings. The van der Waals surface area contributed by atoms with Crippen LogP contribution in [0.1, 0.15) is 20.8 Å². The van der Waals surface area contributed by atoms with E-state index in [9.17, 15) is 4.79 Å². The standard InChI is InChI=1S/C22H26N4O2S/c1-15(2)14-26-20(17-8-6-5-7-9-17)24-25-22(26)29-16(3)21(27)23-18-10-12-19(28-4)13-11-18/h5-13,15-16H,14H2,1-4H3,(H,23,27)/t16-/m0/s1. The average Bonchev–Trinajstić information content (AvgIpc) is 3.10. The molecule has 0 spiro atoms. The van der Waals surface area contributed by atoms with Crippen LogP contribution in [-0.4, -0.2) is 33.0 Å². The molecule has 1 heterocycles. The molecule has 152 valence electrons. The number of methoxy groups -OCH3 is 1. The van der Waals surface area contributed by atoms with Crippen molar-refractivity contribution in [1.29, 1.82) is 0 Å². The van der Waals surface area contributed by atoms with Crippen molar-refractivity contribution < 1.29 is 9.53 Å². The molecule has 1 atom stereocenters. The van der Waals surface area contributed by atoms with Crippen molar-refractivity contribution in [2.75, 3.05) is 12.4 Å². The number of carbonyl (C=O) groups is 1. The second-order valence-electron chi connectivity index (χ2n) is 7.15. The number of hydrogen-bond acceptors (Lipinski definition) is 5. The molecule has 0 saturated heterocycles. The number of carbonyl (C=O) groups excluding carboxylic acids is 1. The lowest BCUT2D eigenvalue weighted by atomic mass is 10.2. The molecule has 1 N–H and O–H groups in total. The Labute approximate surface area is 175 Å². The average molecular weight is 411 g/mol.